The molecule has 0 radical (unpaired) electrons. The molecule has 2 saturated heterocycles. The third-order valence-corrected chi connectivity index (χ3v) is 7.85. The van der Waals surface area contributed by atoms with E-state index in [0.29, 0.717) is 37.0 Å². The first-order chi connectivity index (χ1) is 14.6. The average molecular weight is 436 g/mol. The summed E-state index contributed by atoms with van der Waals surface area (Å²) in [6.45, 7) is 2.54. The predicted octanol–water partition coefficient (Wildman–Crippen LogP) is 3.01. The van der Waals surface area contributed by atoms with Crippen molar-refractivity contribution in [2.45, 2.75) is 49.3 Å². The lowest BCUT2D eigenvalue weighted by atomic mass is 9.94. The van der Waals surface area contributed by atoms with Gasteiger partial charge in [0.2, 0.25) is 15.9 Å². The summed E-state index contributed by atoms with van der Waals surface area (Å²) in [6.07, 6.45) is 5.24. The lowest BCUT2D eigenvalue weighted by Gasteiger charge is -2.31. The van der Waals surface area contributed by atoms with Gasteiger partial charge >= 0.3 is 0 Å². The Bertz CT molecular complexity index is 940. The topological polar surface area (TPSA) is 94.8 Å². The summed E-state index contributed by atoms with van der Waals surface area (Å²) in [6, 6.07) is 6.66. The van der Waals surface area contributed by atoms with Gasteiger partial charge in [0.1, 0.15) is 5.75 Å². The van der Waals surface area contributed by atoms with Crippen molar-refractivity contribution in [3.8, 4) is 5.75 Å². The summed E-state index contributed by atoms with van der Waals surface area (Å²) in [4.78, 5) is 4.85. The van der Waals surface area contributed by atoms with Crippen molar-refractivity contribution in [3.63, 3.8) is 0 Å². The maximum absolute atomic E-state index is 13.1. The molecule has 30 heavy (non-hydrogen) atoms. The molecule has 4 rings (SSSR count). The Morgan fingerprint density at radius 3 is 2.87 bits per heavy atom. The minimum Gasteiger partial charge on any atom is -0.497 e. The van der Waals surface area contributed by atoms with E-state index in [1.165, 1.54) is 7.11 Å². The number of aryl methyl sites for hydroxylation is 1. The highest BCUT2D eigenvalue weighted by atomic mass is 32.2. The molecule has 164 valence electrons. The zero-order chi connectivity index (χ0) is 21.0. The fourth-order valence-corrected chi connectivity index (χ4v) is 5.79. The van der Waals surface area contributed by atoms with Gasteiger partial charge in [0.15, 0.2) is 5.82 Å². The average Bonchev–Trinajstić information content (AvgIpc) is 3.28. The summed E-state index contributed by atoms with van der Waals surface area (Å²) in [5.74, 6) is 2.54. The van der Waals surface area contributed by atoms with Gasteiger partial charge in [-0.3, -0.25) is 0 Å². The van der Waals surface area contributed by atoms with Gasteiger partial charge in [-0.1, -0.05) is 11.2 Å². The summed E-state index contributed by atoms with van der Waals surface area (Å²) in [7, 11) is -1.99. The lowest BCUT2D eigenvalue weighted by Crippen LogP contribution is -2.40. The van der Waals surface area contributed by atoms with Gasteiger partial charge in [0, 0.05) is 44.7 Å². The Labute approximate surface area is 177 Å². The van der Waals surface area contributed by atoms with Crippen LogP contribution in [0.4, 0.5) is 0 Å². The number of piperidine rings is 1. The molecule has 9 heteroatoms. The minimum atomic E-state index is -3.53. The van der Waals surface area contributed by atoms with Crippen LogP contribution in [0.1, 0.15) is 49.7 Å². The molecule has 3 heterocycles. The van der Waals surface area contributed by atoms with Gasteiger partial charge in [-0.25, -0.2) is 8.42 Å². The van der Waals surface area contributed by atoms with E-state index in [2.05, 4.69) is 10.1 Å². The largest absolute Gasteiger partial charge is 0.497 e. The molecule has 0 saturated carbocycles. The number of ether oxygens (including phenoxy) is 2. The van der Waals surface area contributed by atoms with Crippen molar-refractivity contribution in [2.75, 3.05) is 33.4 Å². The summed E-state index contributed by atoms with van der Waals surface area (Å²) >= 11 is 0. The highest BCUT2D eigenvalue weighted by Crippen LogP contribution is 2.29. The van der Waals surface area contributed by atoms with Crippen molar-refractivity contribution in [3.05, 3.63) is 36.0 Å². The van der Waals surface area contributed by atoms with Crippen LogP contribution in [0.25, 0.3) is 0 Å². The zero-order valence-corrected chi connectivity index (χ0v) is 18.1. The molecule has 2 aliphatic heterocycles. The molecule has 1 aromatic heterocycles. The fourth-order valence-electron chi connectivity index (χ4n) is 4.20. The molecule has 1 unspecified atom stereocenters. The lowest BCUT2D eigenvalue weighted by molar-refractivity contribution is 0.0778. The molecule has 0 bridgehead atoms. The molecular weight excluding hydrogens is 406 g/mol. The Morgan fingerprint density at radius 2 is 2.07 bits per heavy atom. The minimum absolute atomic E-state index is 0.279. The SMILES string of the molecule is COc1cccc(S(=O)(=O)N2CCCC(CCc3noc(C4CCOCC4)n3)C2)c1. The molecule has 0 aliphatic carbocycles. The highest BCUT2D eigenvalue weighted by molar-refractivity contribution is 7.89. The van der Waals surface area contributed by atoms with E-state index in [4.69, 9.17) is 14.0 Å². The molecule has 1 atom stereocenters. The first-order valence-electron chi connectivity index (χ1n) is 10.6. The third-order valence-electron chi connectivity index (χ3n) is 5.99. The van der Waals surface area contributed by atoms with Gasteiger partial charge in [-0.05, 0) is 50.2 Å². The van der Waals surface area contributed by atoms with Gasteiger partial charge in [-0.2, -0.15) is 9.29 Å². The van der Waals surface area contributed by atoms with Crippen LogP contribution in [0.15, 0.2) is 33.7 Å². The zero-order valence-electron chi connectivity index (χ0n) is 17.3. The molecule has 2 aromatic rings. The van der Waals surface area contributed by atoms with Crippen LogP contribution in [0.2, 0.25) is 0 Å². The number of methoxy groups -OCH3 is 1. The number of benzene rings is 1. The van der Waals surface area contributed by atoms with Crippen molar-refractivity contribution >= 4 is 10.0 Å². The van der Waals surface area contributed by atoms with E-state index in [0.717, 1.165) is 45.3 Å². The monoisotopic (exact) mass is 435 g/mol. The van der Waals surface area contributed by atoms with Crippen LogP contribution in [0, 0.1) is 5.92 Å². The number of hydrogen-bond donors (Lipinski definition) is 0. The third kappa shape index (κ3) is 4.84. The van der Waals surface area contributed by atoms with Crippen LogP contribution in [0.3, 0.4) is 0 Å². The van der Waals surface area contributed by atoms with E-state index >= 15 is 0 Å². The molecule has 0 amide bonds. The molecule has 8 nitrogen and oxygen atoms in total. The molecule has 0 spiro atoms. The maximum Gasteiger partial charge on any atom is 0.243 e. The quantitative estimate of drug-likeness (QED) is 0.660. The van der Waals surface area contributed by atoms with E-state index in [9.17, 15) is 8.42 Å². The van der Waals surface area contributed by atoms with Crippen LogP contribution >= 0.6 is 0 Å². The van der Waals surface area contributed by atoms with Crippen LogP contribution in [-0.4, -0.2) is 56.3 Å². The number of aromatic nitrogens is 2. The van der Waals surface area contributed by atoms with Crippen molar-refractivity contribution in [1.29, 1.82) is 0 Å². The highest BCUT2D eigenvalue weighted by Gasteiger charge is 2.31. The number of hydrogen-bond acceptors (Lipinski definition) is 7. The van der Waals surface area contributed by atoms with Gasteiger partial charge < -0.3 is 14.0 Å². The predicted molar refractivity (Wildman–Crippen MR) is 110 cm³/mol. The Balaban J connectivity index is 1.35. The van der Waals surface area contributed by atoms with Crippen molar-refractivity contribution in [2.24, 2.45) is 5.92 Å². The van der Waals surface area contributed by atoms with Gasteiger partial charge in [0.25, 0.3) is 0 Å². The fraction of sp³-hybridized carbons (Fsp3) is 0.619. The number of sulfonamides is 1. The summed E-state index contributed by atoms with van der Waals surface area (Å²) < 4.78 is 43.8. The van der Waals surface area contributed by atoms with E-state index in [-0.39, 0.29) is 16.7 Å². The first-order valence-corrected chi connectivity index (χ1v) is 12.0. The maximum atomic E-state index is 13.1. The summed E-state index contributed by atoms with van der Waals surface area (Å²) in [5, 5.41) is 4.14. The van der Waals surface area contributed by atoms with Crippen LogP contribution in [-0.2, 0) is 21.2 Å². The van der Waals surface area contributed by atoms with Gasteiger partial charge in [0.05, 0.1) is 12.0 Å². The first kappa shape index (κ1) is 21.3. The van der Waals surface area contributed by atoms with E-state index < -0.39 is 10.0 Å². The van der Waals surface area contributed by atoms with Crippen LogP contribution < -0.4 is 4.74 Å². The second-order valence-corrected chi connectivity index (χ2v) is 9.96. The molecule has 2 aliphatic rings. The molecule has 2 fully saturated rings. The molecular formula is C21H29N3O5S. The Hall–Kier alpha value is -1.97. The smallest absolute Gasteiger partial charge is 0.243 e. The molecule has 0 N–H and O–H groups in total. The Kier molecular flexibility index (Phi) is 6.70. The normalized spacial score (nSPS) is 21.6. The van der Waals surface area contributed by atoms with E-state index in [1.54, 1.807) is 28.6 Å². The van der Waals surface area contributed by atoms with Gasteiger partial charge in [-0.15, -0.1) is 0 Å². The van der Waals surface area contributed by atoms with Crippen molar-refractivity contribution < 1.29 is 22.4 Å². The second-order valence-electron chi connectivity index (χ2n) is 8.02. The second kappa shape index (κ2) is 9.45. The van der Waals surface area contributed by atoms with Crippen molar-refractivity contribution in [1.82, 2.24) is 14.4 Å². The van der Waals surface area contributed by atoms with Crippen LogP contribution in [0.5, 0.6) is 5.75 Å². The number of nitrogens with zero attached hydrogens (tertiary/aromatic N) is 3. The molecule has 1 aromatic carbocycles. The standard InChI is InChI=1S/C21H29N3O5S/c1-27-18-5-2-6-19(14-18)30(25,26)24-11-3-4-16(15-24)7-8-20-22-21(29-23-20)17-9-12-28-13-10-17/h2,5-6,14,16-17H,3-4,7-13,15H2,1H3. The summed E-state index contributed by atoms with van der Waals surface area (Å²) in [5.41, 5.74) is 0. The van der Waals surface area contributed by atoms with E-state index in [1.807, 2.05) is 0 Å². The Morgan fingerprint density at radius 1 is 1.23 bits per heavy atom. The number of rotatable bonds is 7.